The molecule has 1 aromatic heterocycles. The van der Waals surface area contributed by atoms with Crippen LogP contribution in [-0.2, 0) is 43.4 Å². The number of carboxylic acids is 5. The summed E-state index contributed by atoms with van der Waals surface area (Å²) in [5, 5.41) is 46.2. The molecular formula is C30H49N6O10+. The van der Waals surface area contributed by atoms with Crippen LogP contribution >= 0.6 is 0 Å². The Hall–Kier alpha value is -3.96. The molecule has 5 atom stereocenters. The van der Waals surface area contributed by atoms with Gasteiger partial charge in [0.05, 0.1) is 0 Å². The van der Waals surface area contributed by atoms with Crippen molar-refractivity contribution in [2.24, 2.45) is 34.6 Å². The number of nitrogens with zero attached hydrogens (tertiary/aromatic N) is 1. The number of hydrogen-bond acceptors (Lipinski definition) is 10. The van der Waals surface area contributed by atoms with Gasteiger partial charge in [0.2, 0.25) is 5.69 Å². The second kappa shape index (κ2) is 20.2. The number of aromatic nitrogens is 1. The van der Waals surface area contributed by atoms with Gasteiger partial charge in [0.25, 0.3) is 0 Å². The lowest BCUT2D eigenvalue weighted by Crippen LogP contribution is -2.40. The molecule has 1 rings (SSSR count). The van der Waals surface area contributed by atoms with Crippen LogP contribution in [-0.4, -0.2) is 85.6 Å². The lowest BCUT2D eigenvalue weighted by atomic mass is 9.92. The molecular weight excluding hydrogens is 604 g/mol. The average molecular weight is 654 g/mol. The standard InChI is InChI=1S/C30H48N6O10/c31-20(26(37)38)3-1-2-14-36-16-18(6-11-23(34)29(43)44)15-19(8-12-24(35)30(45)46)25(36)13-7-17(4-9-21(32)27(39)40)5-10-22(33)28(41)42/h7,13,15-17,20-24H,1-6,8-12,14,31-35H2,(H4-,37,38,39,40,41,42,43,44,45,46)/p+1/b13-7+. The second-order valence-corrected chi connectivity index (χ2v) is 11.5. The molecule has 0 aromatic carbocycles. The Labute approximate surface area is 267 Å². The molecule has 15 N–H and O–H groups in total. The van der Waals surface area contributed by atoms with E-state index in [-0.39, 0.29) is 44.4 Å². The van der Waals surface area contributed by atoms with Crippen molar-refractivity contribution in [2.45, 2.75) is 107 Å². The first-order valence-corrected chi connectivity index (χ1v) is 15.2. The van der Waals surface area contributed by atoms with Gasteiger partial charge in [0.1, 0.15) is 36.8 Å². The van der Waals surface area contributed by atoms with Crippen LogP contribution in [0.2, 0.25) is 0 Å². The fraction of sp³-hybridized carbons (Fsp3) is 0.600. The number of carbonyl (C=O) groups is 5. The lowest BCUT2D eigenvalue weighted by molar-refractivity contribution is -0.699. The maximum atomic E-state index is 11.5. The van der Waals surface area contributed by atoms with Crippen LogP contribution in [0.5, 0.6) is 0 Å². The first-order chi connectivity index (χ1) is 21.5. The minimum absolute atomic E-state index is 0.0894. The van der Waals surface area contributed by atoms with Gasteiger partial charge in [-0.25, -0.2) is 0 Å². The van der Waals surface area contributed by atoms with E-state index in [1.165, 1.54) is 0 Å². The van der Waals surface area contributed by atoms with Crippen molar-refractivity contribution in [1.82, 2.24) is 0 Å². The monoisotopic (exact) mass is 653 g/mol. The Balaban J connectivity index is 3.56. The maximum Gasteiger partial charge on any atom is 0.320 e. The third-order valence-corrected chi connectivity index (χ3v) is 7.76. The molecule has 46 heavy (non-hydrogen) atoms. The molecule has 0 bridgehead atoms. The number of aliphatic carboxylic acids is 5. The number of nitrogens with two attached hydrogens (primary N) is 5. The first kappa shape index (κ1) is 40.1. The zero-order valence-electron chi connectivity index (χ0n) is 25.9. The summed E-state index contributed by atoms with van der Waals surface area (Å²) in [7, 11) is 0. The molecule has 16 nitrogen and oxygen atoms in total. The van der Waals surface area contributed by atoms with E-state index < -0.39 is 60.1 Å². The van der Waals surface area contributed by atoms with Gasteiger partial charge >= 0.3 is 29.8 Å². The van der Waals surface area contributed by atoms with Crippen molar-refractivity contribution in [3.8, 4) is 0 Å². The molecule has 0 amide bonds. The van der Waals surface area contributed by atoms with E-state index in [1.54, 1.807) is 6.08 Å². The van der Waals surface area contributed by atoms with Crippen LogP contribution in [0.1, 0.15) is 74.6 Å². The number of carboxylic acid groups (broad SMARTS) is 5. The smallest absolute Gasteiger partial charge is 0.320 e. The maximum absolute atomic E-state index is 11.5. The molecule has 0 radical (unpaired) electrons. The summed E-state index contributed by atoms with van der Waals surface area (Å²) < 4.78 is 1.90. The minimum atomic E-state index is -1.17. The Morgan fingerprint density at radius 1 is 0.609 bits per heavy atom. The van der Waals surface area contributed by atoms with E-state index in [2.05, 4.69) is 0 Å². The molecule has 0 spiro atoms. The summed E-state index contributed by atoms with van der Waals surface area (Å²) in [6, 6.07) is -3.66. The second-order valence-electron chi connectivity index (χ2n) is 11.5. The molecule has 1 aromatic rings. The van der Waals surface area contributed by atoms with Crippen molar-refractivity contribution in [3.63, 3.8) is 0 Å². The van der Waals surface area contributed by atoms with E-state index >= 15 is 0 Å². The molecule has 0 aliphatic rings. The largest absolute Gasteiger partial charge is 0.480 e. The number of unbranched alkanes of at least 4 members (excludes halogenated alkanes) is 1. The van der Waals surface area contributed by atoms with Crippen LogP contribution in [0.15, 0.2) is 18.3 Å². The summed E-state index contributed by atoms with van der Waals surface area (Å²) >= 11 is 0. The number of hydrogen-bond donors (Lipinski definition) is 10. The summed E-state index contributed by atoms with van der Waals surface area (Å²) in [6.45, 7) is 0.404. The van der Waals surface area contributed by atoms with Crippen LogP contribution < -0.4 is 33.2 Å². The Kier molecular flexibility index (Phi) is 17.6. The first-order valence-electron chi connectivity index (χ1n) is 15.2. The van der Waals surface area contributed by atoms with E-state index in [0.29, 0.717) is 49.9 Å². The van der Waals surface area contributed by atoms with Crippen LogP contribution in [0.3, 0.4) is 0 Å². The van der Waals surface area contributed by atoms with Crippen molar-refractivity contribution < 1.29 is 54.1 Å². The van der Waals surface area contributed by atoms with Crippen molar-refractivity contribution in [1.29, 1.82) is 0 Å². The molecule has 0 fully saturated rings. The van der Waals surface area contributed by atoms with Crippen molar-refractivity contribution in [3.05, 3.63) is 35.2 Å². The highest BCUT2D eigenvalue weighted by molar-refractivity contribution is 5.74. The van der Waals surface area contributed by atoms with Crippen molar-refractivity contribution >= 4 is 35.9 Å². The van der Waals surface area contributed by atoms with E-state index in [1.807, 2.05) is 22.9 Å². The topological polar surface area (TPSA) is 320 Å². The zero-order valence-corrected chi connectivity index (χ0v) is 25.9. The number of aryl methyl sites for hydroxylation is 3. The fourth-order valence-corrected chi connectivity index (χ4v) is 4.76. The molecule has 0 aliphatic carbocycles. The van der Waals surface area contributed by atoms with Crippen molar-refractivity contribution in [2.75, 3.05) is 0 Å². The summed E-state index contributed by atoms with van der Waals surface area (Å²) in [4.78, 5) is 56.5. The van der Waals surface area contributed by atoms with Crippen LogP contribution in [0.4, 0.5) is 0 Å². The highest BCUT2D eigenvalue weighted by atomic mass is 16.4. The SMILES string of the molecule is NC(CCCC[n+]1cc(CCC(N)C(=O)O)cc(CCC(N)C(=O)O)c1/C=C/C(CCC(N)C(=O)O)CCC(N)C(=O)O)C(=O)O. The highest BCUT2D eigenvalue weighted by Crippen LogP contribution is 2.21. The number of allylic oxidation sites excluding steroid dienone is 1. The predicted octanol–water partition coefficient (Wildman–Crippen LogP) is -0.741. The molecule has 0 saturated heterocycles. The summed E-state index contributed by atoms with van der Waals surface area (Å²) in [5.74, 6) is -6.07. The molecule has 16 heteroatoms. The lowest BCUT2D eigenvalue weighted by Gasteiger charge is -2.17. The van der Waals surface area contributed by atoms with Gasteiger partial charge in [0, 0.05) is 23.6 Å². The van der Waals surface area contributed by atoms with Gasteiger partial charge in [-0.15, -0.1) is 0 Å². The van der Waals surface area contributed by atoms with Gasteiger partial charge in [-0.05, 0) is 76.2 Å². The van der Waals surface area contributed by atoms with E-state index in [9.17, 15) is 44.4 Å². The number of pyridine rings is 1. The molecule has 258 valence electrons. The molecule has 5 unspecified atom stereocenters. The molecule has 0 aliphatic heterocycles. The van der Waals surface area contributed by atoms with E-state index in [0.717, 1.165) is 5.56 Å². The highest BCUT2D eigenvalue weighted by Gasteiger charge is 2.23. The van der Waals surface area contributed by atoms with Gasteiger partial charge < -0.3 is 54.2 Å². The Morgan fingerprint density at radius 2 is 1.04 bits per heavy atom. The average Bonchev–Trinajstić information content (AvgIpc) is 2.99. The third kappa shape index (κ3) is 14.9. The van der Waals surface area contributed by atoms with E-state index in [4.69, 9.17) is 33.8 Å². The minimum Gasteiger partial charge on any atom is -0.480 e. The van der Waals surface area contributed by atoms with Crippen LogP contribution in [0.25, 0.3) is 6.08 Å². The normalized spacial score (nSPS) is 15.5. The van der Waals surface area contributed by atoms with Gasteiger partial charge in [-0.3, -0.25) is 24.0 Å². The number of rotatable bonds is 24. The zero-order chi connectivity index (χ0) is 35.0. The van der Waals surface area contributed by atoms with Gasteiger partial charge in [-0.1, -0.05) is 6.08 Å². The molecule has 0 saturated carbocycles. The molecule has 1 heterocycles. The quantitative estimate of drug-likeness (QED) is 0.0485. The Bertz CT molecular complexity index is 1200. The van der Waals surface area contributed by atoms with Crippen LogP contribution in [0, 0.1) is 5.92 Å². The summed E-state index contributed by atoms with van der Waals surface area (Å²) in [6.07, 6.45) is 8.37. The summed E-state index contributed by atoms with van der Waals surface area (Å²) in [5.41, 5.74) is 30.7. The Morgan fingerprint density at radius 3 is 1.52 bits per heavy atom. The predicted molar refractivity (Wildman–Crippen MR) is 166 cm³/mol. The fourth-order valence-electron chi connectivity index (χ4n) is 4.76. The third-order valence-electron chi connectivity index (χ3n) is 7.76. The van der Waals surface area contributed by atoms with Gasteiger partial charge in [-0.2, -0.15) is 4.57 Å². The van der Waals surface area contributed by atoms with Gasteiger partial charge in [0.15, 0.2) is 6.20 Å².